The number of nitrogens with one attached hydrogen (secondary N) is 3. The normalized spacial score (nSPS) is 19.5. The molecule has 354 valence electrons. The van der Waals surface area contributed by atoms with Crippen LogP contribution >= 0.6 is 0 Å². The number of aliphatic hydroxyl groups is 4. The van der Waals surface area contributed by atoms with Crippen LogP contribution < -0.4 is 21.7 Å². The molecule has 0 saturated carbocycles. The van der Waals surface area contributed by atoms with Crippen molar-refractivity contribution in [2.24, 2.45) is 5.73 Å². The minimum atomic E-state index is -2.55. The van der Waals surface area contributed by atoms with Crippen molar-refractivity contribution in [2.75, 3.05) is 112 Å². The van der Waals surface area contributed by atoms with Gasteiger partial charge in [0.1, 0.15) is 18.8 Å². The van der Waals surface area contributed by atoms with Crippen LogP contribution in [0.15, 0.2) is 54.6 Å². The third-order valence-corrected chi connectivity index (χ3v) is 9.39. The lowest BCUT2D eigenvalue weighted by Crippen LogP contribution is -2.68. The fourth-order valence-electron chi connectivity index (χ4n) is 6.15. The van der Waals surface area contributed by atoms with Crippen LogP contribution in [0, 0.1) is 0 Å². The van der Waals surface area contributed by atoms with E-state index in [1.807, 2.05) is 42.5 Å². The highest BCUT2D eigenvalue weighted by atomic mass is 16.7. The smallest absolute Gasteiger partial charge is 0.364 e. The Hall–Kier alpha value is -4.20. The first-order valence-corrected chi connectivity index (χ1v) is 20.8. The highest BCUT2D eigenvalue weighted by molar-refractivity contribution is 5.79. The highest BCUT2D eigenvalue weighted by Gasteiger charge is 2.55. The minimum Gasteiger partial charge on any atom is -0.477 e. The summed E-state index contributed by atoms with van der Waals surface area (Å²) in [4.78, 5) is 49.4. The summed E-state index contributed by atoms with van der Waals surface area (Å²) in [6.45, 7) is 2.38. The number of hydrogen-bond acceptors (Lipinski definition) is 17. The number of rotatable bonds is 34. The molecule has 0 aromatic heterocycles. The standard InChI is InChI=1S/C42H64N4O17/c43-11-14-57-17-20-60-23-22-59-19-16-56-13-10-35(50)44-12-15-58-18-21-61-24-25-62-42(41(54)55)27-33(48)38(46-37(52)29-47)40(63-42)39(53)34(49)28-45-36(51)26-30-6-8-32(9-7-30)31-4-2-1-3-5-31/h1-9,33-34,38-40,47-49,53H,10-29,43H2,(H,44,50)(H,45,51)(H,46,52)(H,54,55)/t33-,34+,38+,39+,40+,42+/m0/s1. The lowest BCUT2D eigenvalue weighted by molar-refractivity contribution is -0.312. The van der Waals surface area contributed by atoms with Crippen molar-refractivity contribution in [1.82, 2.24) is 16.0 Å². The van der Waals surface area contributed by atoms with Gasteiger partial charge in [-0.2, -0.15) is 0 Å². The largest absolute Gasteiger partial charge is 0.477 e. The van der Waals surface area contributed by atoms with Crippen LogP contribution in [0.5, 0.6) is 0 Å². The Bertz CT molecular complexity index is 1590. The topological polar surface area (TPSA) is 305 Å². The van der Waals surface area contributed by atoms with Crippen LogP contribution in [0.2, 0.25) is 0 Å². The van der Waals surface area contributed by atoms with Crippen LogP contribution in [0.1, 0.15) is 18.4 Å². The Kier molecular flexibility index (Phi) is 26.0. The molecule has 0 radical (unpaired) electrons. The molecule has 0 bridgehead atoms. The van der Waals surface area contributed by atoms with Gasteiger partial charge >= 0.3 is 5.97 Å². The summed E-state index contributed by atoms with van der Waals surface area (Å²) in [7, 11) is 0. The summed E-state index contributed by atoms with van der Waals surface area (Å²) in [5.74, 6) is -5.88. The van der Waals surface area contributed by atoms with E-state index in [1.165, 1.54) is 0 Å². The number of aliphatic carboxylic acids is 1. The SMILES string of the molecule is NCCOCCOCCOCCOCCC(=O)NCCOCCOCCO[C@]1(C(=O)O)C[C@H](O)[C@@H](NC(=O)CO)[C@H]([C@H](O)[C@H](O)CNC(=O)Cc2ccc(-c3ccccc3)cc2)O1. The van der Waals surface area contributed by atoms with E-state index in [0.29, 0.717) is 58.4 Å². The number of carboxylic acid groups (broad SMARTS) is 1. The van der Waals surface area contributed by atoms with Gasteiger partial charge in [0.25, 0.3) is 5.79 Å². The molecule has 21 nitrogen and oxygen atoms in total. The molecule has 2 aromatic rings. The highest BCUT2D eigenvalue weighted by Crippen LogP contribution is 2.33. The Morgan fingerprint density at radius 3 is 1.86 bits per heavy atom. The van der Waals surface area contributed by atoms with Crippen LogP contribution in [-0.4, -0.2) is 198 Å². The molecule has 63 heavy (non-hydrogen) atoms. The number of hydrogen-bond donors (Lipinski definition) is 9. The minimum absolute atomic E-state index is 0.0468. The number of nitrogens with two attached hydrogens (primary N) is 1. The second-order valence-corrected chi connectivity index (χ2v) is 14.2. The van der Waals surface area contributed by atoms with Gasteiger partial charge in [-0.05, 0) is 16.7 Å². The number of amides is 3. The Morgan fingerprint density at radius 2 is 1.27 bits per heavy atom. The van der Waals surface area contributed by atoms with E-state index in [1.54, 1.807) is 12.1 Å². The van der Waals surface area contributed by atoms with Gasteiger partial charge in [-0.25, -0.2) is 4.79 Å². The first-order chi connectivity index (χ1) is 30.5. The first kappa shape index (κ1) is 53.1. The Morgan fingerprint density at radius 1 is 0.714 bits per heavy atom. The zero-order chi connectivity index (χ0) is 45.7. The van der Waals surface area contributed by atoms with Crippen molar-refractivity contribution in [3.05, 3.63) is 60.2 Å². The van der Waals surface area contributed by atoms with E-state index in [4.69, 9.17) is 43.6 Å². The fourth-order valence-corrected chi connectivity index (χ4v) is 6.15. The summed E-state index contributed by atoms with van der Waals surface area (Å²) in [6, 6.07) is 15.5. The molecule has 1 aliphatic heterocycles. The maximum atomic E-state index is 12.7. The van der Waals surface area contributed by atoms with E-state index in [0.717, 1.165) is 11.1 Å². The molecule has 3 amide bonds. The monoisotopic (exact) mass is 896 g/mol. The summed E-state index contributed by atoms with van der Waals surface area (Å²) in [5, 5.41) is 60.0. The number of benzene rings is 2. The molecule has 3 rings (SSSR count). The van der Waals surface area contributed by atoms with Gasteiger partial charge in [-0.3, -0.25) is 14.4 Å². The molecular formula is C42H64N4O17. The molecular weight excluding hydrogens is 832 g/mol. The first-order valence-electron chi connectivity index (χ1n) is 20.8. The summed E-state index contributed by atoms with van der Waals surface area (Å²) < 4.78 is 43.5. The molecule has 0 spiro atoms. The zero-order valence-electron chi connectivity index (χ0n) is 35.4. The van der Waals surface area contributed by atoms with Crippen molar-refractivity contribution < 1.29 is 82.6 Å². The molecule has 10 N–H and O–H groups in total. The summed E-state index contributed by atoms with van der Waals surface area (Å²) in [5.41, 5.74) is 7.99. The van der Waals surface area contributed by atoms with E-state index in [2.05, 4.69) is 16.0 Å². The third-order valence-electron chi connectivity index (χ3n) is 9.39. The van der Waals surface area contributed by atoms with Gasteiger partial charge in [-0.1, -0.05) is 54.6 Å². The Labute approximate surface area is 366 Å². The predicted octanol–water partition coefficient (Wildman–Crippen LogP) is -2.28. The molecule has 21 heteroatoms. The van der Waals surface area contributed by atoms with Crippen LogP contribution in [0.3, 0.4) is 0 Å². The number of aliphatic hydroxyl groups excluding tert-OH is 4. The molecule has 1 saturated heterocycles. The van der Waals surface area contributed by atoms with Crippen LogP contribution in [0.4, 0.5) is 0 Å². The van der Waals surface area contributed by atoms with E-state index >= 15 is 0 Å². The zero-order valence-corrected chi connectivity index (χ0v) is 35.4. The molecule has 1 aliphatic rings. The van der Waals surface area contributed by atoms with Gasteiger partial charge in [0.2, 0.25) is 17.7 Å². The van der Waals surface area contributed by atoms with Crippen molar-refractivity contribution in [3.8, 4) is 11.1 Å². The van der Waals surface area contributed by atoms with Gasteiger partial charge in [-0.15, -0.1) is 0 Å². The van der Waals surface area contributed by atoms with Gasteiger partial charge in [0.15, 0.2) is 0 Å². The number of carbonyl (C=O) groups is 4. The van der Waals surface area contributed by atoms with E-state index < -0.39 is 73.6 Å². The number of carboxylic acids is 1. The average molecular weight is 897 g/mol. The third kappa shape index (κ3) is 20.5. The Balaban J connectivity index is 1.34. The number of ether oxygens (including phenoxy) is 8. The second kappa shape index (κ2) is 30.8. The summed E-state index contributed by atoms with van der Waals surface area (Å²) in [6.07, 6.45) is -7.80. The van der Waals surface area contributed by atoms with Gasteiger partial charge in [0, 0.05) is 32.5 Å². The quantitative estimate of drug-likeness (QED) is 0.0335. The van der Waals surface area contributed by atoms with Crippen molar-refractivity contribution in [3.63, 3.8) is 0 Å². The van der Waals surface area contributed by atoms with Gasteiger partial charge < -0.3 is 85.1 Å². The van der Waals surface area contributed by atoms with E-state index in [-0.39, 0.29) is 64.9 Å². The van der Waals surface area contributed by atoms with Crippen molar-refractivity contribution in [1.29, 1.82) is 0 Å². The molecule has 1 fully saturated rings. The molecule has 0 aliphatic carbocycles. The maximum Gasteiger partial charge on any atom is 0.364 e. The lowest BCUT2D eigenvalue weighted by atomic mass is 9.88. The van der Waals surface area contributed by atoms with Crippen LogP contribution in [-0.2, 0) is 63.5 Å². The van der Waals surface area contributed by atoms with Crippen molar-refractivity contribution >= 4 is 23.7 Å². The molecule has 6 atom stereocenters. The maximum absolute atomic E-state index is 12.7. The van der Waals surface area contributed by atoms with E-state index in [9.17, 15) is 44.7 Å². The molecule has 1 heterocycles. The fraction of sp³-hybridized carbons (Fsp3) is 0.619. The second-order valence-electron chi connectivity index (χ2n) is 14.2. The van der Waals surface area contributed by atoms with Crippen LogP contribution in [0.25, 0.3) is 11.1 Å². The lowest BCUT2D eigenvalue weighted by Gasteiger charge is -2.46. The average Bonchev–Trinajstić information content (AvgIpc) is 3.28. The number of carbonyl (C=O) groups excluding carboxylic acids is 3. The summed E-state index contributed by atoms with van der Waals surface area (Å²) >= 11 is 0. The van der Waals surface area contributed by atoms with Crippen molar-refractivity contribution in [2.45, 2.75) is 55.5 Å². The van der Waals surface area contributed by atoms with Gasteiger partial charge in [0.05, 0.1) is 111 Å². The predicted molar refractivity (Wildman–Crippen MR) is 223 cm³/mol. The molecule has 2 aromatic carbocycles. The molecule has 0 unspecified atom stereocenters.